The Bertz CT molecular complexity index is 455. The molecule has 98 valence electrons. The highest BCUT2D eigenvalue weighted by molar-refractivity contribution is 5.92. The molecule has 18 heavy (non-hydrogen) atoms. The molecule has 4 fully saturated rings. The van der Waals surface area contributed by atoms with Crippen molar-refractivity contribution in [1.82, 2.24) is 0 Å². The zero-order chi connectivity index (χ0) is 13.1. The first-order chi connectivity index (χ1) is 8.34. The molecule has 0 saturated heterocycles. The van der Waals surface area contributed by atoms with Gasteiger partial charge in [0.2, 0.25) is 0 Å². The molecule has 0 heterocycles. The Morgan fingerprint density at radius 1 is 1.44 bits per heavy atom. The second-order valence-corrected chi connectivity index (χ2v) is 6.25. The summed E-state index contributed by atoms with van der Waals surface area (Å²) < 4.78 is 5.77. The van der Waals surface area contributed by atoms with Gasteiger partial charge in [0.15, 0.2) is 17.3 Å². The topological polar surface area (TPSA) is 63.6 Å². The lowest BCUT2D eigenvalue weighted by atomic mass is 9.51. The summed E-state index contributed by atoms with van der Waals surface area (Å²) in [6.07, 6.45) is 3.18. The van der Waals surface area contributed by atoms with Crippen molar-refractivity contribution in [2.45, 2.75) is 50.2 Å². The van der Waals surface area contributed by atoms with Crippen molar-refractivity contribution in [3.8, 4) is 0 Å². The zero-order valence-corrected chi connectivity index (χ0v) is 10.6. The summed E-state index contributed by atoms with van der Waals surface area (Å²) in [5, 5.41) is 10.4. The number of carbonyl (C=O) groups is 2. The maximum absolute atomic E-state index is 12.1. The fourth-order valence-electron chi connectivity index (χ4n) is 4.23. The van der Waals surface area contributed by atoms with Crippen LogP contribution in [0.25, 0.3) is 0 Å². The summed E-state index contributed by atoms with van der Waals surface area (Å²) in [4.78, 5) is 23.3. The van der Waals surface area contributed by atoms with Gasteiger partial charge in [-0.2, -0.15) is 0 Å². The Morgan fingerprint density at radius 2 is 2.17 bits per heavy atom. The van der Waals surface area contributed by atoms with Crippen LogP contribution < -0.4 is 0 Å². The van der Waals surface area contributed by atoms with Gasteiger partial charge in [-0.05, 0) is 31.6 Å². The average Bonchev–Trinajstić information content (AvgIpc) is 2.23. The molecule has 4 aliphatic rings. The van der Waals surface area contributed by atoms with E-state index in [0.717, 1.165) is 12.8 Å². The second kappa shape index (κ2) is 3.44. The highest BCUT2D eigenvalue weighted by Crippen LogP contribution is 2.57. The number of Topliss-reactive ketones (excluding diaryl/α,β-unsaturated/α-hetero) is 2. The van der Waals surface area contributed by atoms with Crippen molar-refractivity contribution in [3.63, 3.8) is 0 Å². The van der Waals surface area contributed by atoms with Crippen LogP contribution in [-0.4, -0.2) is 27.9 Å². The molecule has 0 aromatic carbocycles. The number of hydrogen-bond donors (Lipinski definition) is 1. The van der Waals surface area contributed by atoms with Crippen molar-refractivity contribution in [2.24, 2.45) is 11.8 Å². The molecule has 0 aromatic heterocycles. The van der Waals surface area contributed by atoms with Crippen molar-refractivity contribution in [3.05, 3.63) is 12.3 Å². The van der Waals surface area contributed by atoms with Gasteiger partial charge in [-0.3, -0.25) is 9.59 Å². The lowest BCUT2D eigenvalue weighted by Crippen LogP contribution is -2.65. The van der Waals surface area contributed by atoms with Gasteiger partial charge in [-0.25, -0.2) is 0 Å². The predicted molar refractivity (Wildman–Crippen MR) is 63.7 cm³/mol. The first-order valence-corrected chi connectivity index (χ1v) is 6.49. The van der Waals surface area contributed by atoms with E-state index in [9.17, 15) is 14.7 Å². The van der Waals surface area contributed by atoms with Gasteiger partial charge in [0.1, 0.15) is 11.2 Å². The average molecular weight is 250 g/mol. The molecule has 0 amide bonds. The van der Waals surface area contributed by atoms with Crippen LogP contribution in [0.4, 0.5) is 0 Å². The highest BCUT2D eigenvalue weighted by Gasteiger charge is 2.63. The van der Waals surface area contributed by atoms with E-state index in [4.69, 9.17) is 4.74 Å². The van der Waals surface area contributed by atoms with E-state index >= 15 is 0 Å². The Kier molecular flexibility index (Phi) is 2.28. The molecule has 0 aromatic rings. The quantitative estimate of drug-likeness (QED) is 0.607. The summed E-state index contributed by atoms with van der Waals surface area (Å²) in [6.45, 7) is 5.05. The van der Waals surface area contributed by atoms with Gasteiger partial charge in [0.25, 0.3) is 0 Å². The first kappa shape index (κ1) is 11.9. The van der Waals surface area contributed by atoms with Crippen LogP contribution in [0.5, 0.6) is 0 Å². The fourth-order valence-corrected chi connectivity index (χ4v) is 4.23. The van der Waals surface area contributed by atoms with Crippen LogP contribution in [-0.2, 0) is 14.3 Å². The lowest BCUT2D eigenvalue weighted by molar-refractivity contribution is -0.204. The number of hydrogen-bond acceptors (Lipinski definition) is 4. The van der Waals surface area contributed by atoms with Crippen molar-refractivity contribution >= 4 is 11.6 Å². The first-order valence-electron chi connectivity index (χ1n) is 6.49. The monoisotopic (exact) mass is 250 g/mol. The normalized spacial score (nSPS) is 45.1. The number of carbonyl (C=O) groups excluding carboxylic acids is 2. The van der Waals surface area contributed by atoms with E-state index in [-0.39, 0.29) is 23.2 Å². The van der Waals surface area contributed by atoms with Crippen molar-refractivity contribution in [1.29, 1.82) is 0 Å². The summed E-state index contributed by atoms with van der Waals surface area (Å²) >= 11 is 0. The summed E-state index contributed by atoms with van der Waals surface area (Å²) in [5.41, 5.74) is -1.77. The minimum absolute atomic E-state index is 0.0221. The summed E-state index contributed by atoms with van der Waals surface area (Å²) in [5.74, 6) is 0.166. The van der Waals surface area contributed by atoms with Gasteiger partial charge < -0.3 is 9.84 Å². The van der Waals surface area contributed by atoms with E-state index < -0.39 is 11.2 Å². The van der Waals surface area contributed by atoms with Crippen LogP contribution in [0.1, 0.15) is 39.0 Å². The minimum atomic E-state index is -1.22. The van der Waals surface area contributed by atoms with Gasteiger partial charge in [-0.15, -0.1) is 0 Å². The molecule has 4 nitrogen and oxygen atoms in total. The summed E-state index contributed by atoms with van der Waals surface area (Å²) in [6, 6.07) is 0. The Balaban J connectivity index is 1.89. The maximum Gasteiger partial charge on any atom is 0.193 e. The van der Waals surface area contributed by atoms with Gasteiger partial charge >= 0.3 is 0 Å². The van der Waals surface area contributed by atoms with E-state index in [1.165, 1.54) is 6.92 Å². The van der Waals surface area contributed by atoms with Crippen LogP contribution in [0.15, 0.2) is 12.3 Å². The van der Waals surface area contributed by atoms with E-state index in [1.807, 2.05) is 0 Å². The molecule has 4 rings (SSSR count). The molecule has 4 heteroatoms. The number of aliphatic hydroxyl groups is 1. The predicted octanol–water partition coefficient (Wildman–Crippen LogP) is 1.37. The Labute approximate surface area is 106 Å². The van der Waals surface area contributed by atoms with Crippen LogP contribution in [0.2, 0.25) is 0 Å². The highest BCUT2D eigenvalue weighted by atomic mass is 16.5. The number of rotatable bonds is 3. The molecule has 0 spiro atoms. The third-order valence-electron chi connectivity index (χ3n) is 4.70. The molecule has 4 bridgehead atoms. The van der Waals surface area contributed by atoms with Gasteiger partial charge in [0.05, 0.1) is 0 Å². The van der Waals surface area contributed by atoms with Crippen molar-refractivity contribution in [2.75, 3.05) is 0 Å². The molecular weight excluding hydrogens is 232 g/mol. The standard InChI is InChI=1S/C14H18O4/c1-8(15)9(2)18-13-4-10-3-11(6-13)12(16)14(17,5-10)7-13/h10-11,17H,2-7H2,1H3. The molecular formula is C14H18O4. The van der Waals surface area contributed by atoms with Gasteiger partial charge in [-0.1, -0.05) is 6.58 Å². The number of ketones is 2. The molecule has 4 saturated carbocycles. The zero-order valence-electron chi connectivity index (χ0n) is 10.6. The lowest BCUT2D eigenvalue weighted by Gasteiger charge is -2.58. The smallest absolute Gasteiger partial charge is 0.193 e. The number of ether oxygens (including phenoxy) is 1. The van der Waals surface area contributed by atoms with Gasteiger partial charge in [0, 0.05) is 19.3 Å². The number of allylic oxidation sites excluding steroid dienone is 1. The SMILES string of the molecule is C=C(OC12CC3CC(C1)C(=O)C(O)(C3)C2)C(C)=O. The minimum Gasteiger partial charge on any atom is -0.484 e. The van der Waals surface area contributed by atoms with Crippen molar-refractivity contribution < 1.29 is 19.4 Å². The third kappa shape index (κ3) is 1.55. The van der Waals surface area contributed by atoms with E-state index in [2.05, 4.69) is 6.58 Å². The van der Waals surface area contributed by atoms with E-state index in [0.29, 0.717) is 25.2 Å². The third-order valence-corrected chi connectivity index (χ3v) is 4.70. The Morgan fingerprint density at radius 3 is 2.78 bits per heavy atom. The molecule has 0 aliphatic heterocycles. The fraction of sp³-hybridized carbons (Fsp3) is 0.714. The van der Waals surface area contributed by atoms with E-state index in [1.54, 1.807) is 0 Å². The maximum atomic E-state index is 12.1. The summed E-state index contributed by atoms with van der Waals surface area (Å²) in [7, 11) is 0. The Hall–Kier alpha value is -1.16. The second-order valence-electron chi connectivity index (χ2n) is 6.25. The largest absolute Gasteiger partial charge is 0.484 e. The molecule has 1 N–H and O–H groups in total. The molecule has 4 atom stereocenters. The van der Waals surface area contributed by atoms with Crippen LogP contribution in [0.3, 0.4) is 0 Å². The molecule has 0 radical (unpaired) electrons. The van der Waals surface area contributed by atoms with Crippen LogP contribution in [0, 0.1) is 11.8 Å². The van der Waals surface area contributed by atoms with Crippen LogP contribution >= 0.6 is 0 Å². The molecule has 4 aliphatic carbocycles. The molecule has 4 unspecified atom stereocenters.